The maximum Gasteiger partial charge on any atom is 0.416 e. The fraction of sp³-hybridized carbons (Fsp3) is 0.207. The van der Waals surface area contributed by atoms with Crippen LogP contribution in [0.25, 0.3) is 0 Å². The number of nitrogens with one attached hydrogen (secondary N) is 1. The molecule has 1 aromatic heterocycles. The fourth-order valence-electron chi connectivity index (χ4n) is 4.19. The Kier molecular flexibility index (Phi) is 8.94. The van der Waals surface area contributed by atoms with Gasteiger partial charge in [0.15, 0.2) is 5.11 Å². The molecule has 0 unspecified atom stereocenters. The summed E-state index contributed by atoms with van der Waals surface area (Å²) in [4.78, 5) is 5.91. The third-order valence-electron chi connectivity index (χ3n) is 6.14. The van der Waals surface area contributed by atoms with Crippen molar-refractivity contribution in [3.8, 4) is 6.07 Å². The summed E-state index contributed by atoms with van der Waals surface area (Å²) < 4.78 is 56.7. The first-order valence-corrected chi connectivity index (χ1v) is 12.6. The molecule has 0 spiro atoms. The number of imidazole rings is 1. The number of benzene rings is 3. The summed E-state index contributed by atoms with van der Waals surface area (Å²) in [6.45, 7) is 0.861. The van der Waals surface area contributed by atoms with Gasteiger partial charge in [0.25, 0.3) is 0 Å². The first kappa shape index (κ1) is 27.8. The zero-order valence-electron chi connectivity index (χ0n) is 20.8. The number of rotatable bonds is 9. The van der Waals surface area contributed by atoms with E-state index < -0.39 is 17.6 Å². The molecule has 0 atom stereocenters. The molecule has 10 heteroatoms. The molecule has 0 bridgehead atoms. The minimum atomic E-state index is -4.50. The van der Waals surface area contributed by atoms with E-state index in [1.807, 2.05) is 16.7 Å². The van der Waals surface area contributed by atoms with Gasteiger partial charge in [-0.2, -0.15) is 18.4 Å². The number of hydrogen-bond acceptors (Lipinski definition) is 3. The molecule has 0 radical (unpaired) electrons. The SMILES string of the molecule is N#Cc1ccc(Cn2cncc2CCCN(Cc2ccccc2C(F)(F)F)C(=S)Nc2cccc(F)c2)cc1. The molecule has 3 aromatic carbocycles. The lowest BCUT2D eigenvalue weighted by Gasteiger charge is -2.27. The Hall–Kier alpha value is -4.23. The van der Waals surface area contributed by atoms with Crippen molar-refractivity contribution in [3.05, 3.63) is 119 Å². The lowest BCUT2D eigenvalue weighted by molar-refractivity contribution is -0.138. The van der Waals surface area contributed by atoms with Crippen molar-refractivity contribution in [2.75, 3.05) is 11.9 Å². The van der Waals surface area contributed by atoms with E-state index in [1.54, 1.807) is 41.7 Å². The van der Waals surface area contributed by atoms with Crippen LogP contribution in [0.1, 0.15) is 34.4 Å². The van der Waals surface area contributed by atoms with Gasteiger partial charge in [0.2, 0.25) is 0 Å². The van der Waals surface area contributed by atoms with E-state index in [2.05, 4.69) is 16.4 Å². The molecule has 39 heavy (non-hydrogen) atoms. The molecule has 1 N–H and O–H groups in total. The minimum Gasteiger partial charge on any atom is -0.345 e. The average Bonchev–Trinajstić information content (AvgIpc) is 3.35. The number of aryl methyl sites for hydroxylation is 1. The second-order valence-corrected chi connectivity index (χ2v) is 9.33. The van der Waals surface area contributed by atoms with Crippen LogP contribution in [0.3, 0.4) is 0 Å². The van der Waals surface area contributed by atoms with Crippen molar-refractivity contribution < 1.29 is 17.6 Å². The number of aromatic nitrogens is 2. The molecule has 0 amide bonds. The Bertz CT molecular complexity index is 1460. The third-order valence-corrected chi connectivity index (χ3v) is 6.50. The van der Waals surface area contributed by atoms with Crippen LogP contribution in [0.2, 0.25) is 0 Å². The van der Waals surface area contributed by atoms with Gasteiger partial charge in [0.05, 0.1) is 23.5 Å². The zero-order valence-corrected chi connectivity index (χ0v) is 21.6. The highest BCUT2D eigenvalue weighted by molar-refractivity contribution is 7.80. The van der Waals surface area contributed by atoms with E-state index in [0.717, 1.165) is 17.3 Å². The van der Waals surface area contributed by atoms with Crippen LogP contribution in [0.15, 0.2) is 85.3 Å². The number of anilines is 1. The first-order valence-electron chi connectivity index (χ1n) is 12.2. The molecule has 0 saturated carbocycles. The van der Waals surface area contributed by atoms with Crippen molar-refractivity contribution in [2.45, 2.75) is 32.1 Å². The molecule has 0 fully saturated rings. The first-order chi connectivity index (χ1) is 18.7. The maximum atomic E-state index is 13.7. The molecule has 0 saturated heterocycles. The van der Waals surface area contributed by atoms with Crippen LogP contribution in [-0.4, -0.2) is 26.1 Å². The standard InChI is InChI=1S/C29H25F4N5S/c30-24-6-3-7-25(15-24)36-28(39)37(19-23-5-1-2-9-27(23)29(31,32)33)14-4-8-26-17-35-20-38(26)18-22-12-10-21(16-34)11-13-22/h1-3,5-7,9-13,15,17,20H,4,8,14,18-19H2,(H,36,39). The zero-order chi connectivity index (χ0) is 27.8. The van der Waals surface area contributed by atoms with Crippen molar-refractivity contribution in [2.24, 2.45) is 0 Å². The molecule has 4 rings (SSSR count). The van der Waals surface area contributed by atoms with E-state index in [1.165, 1.54) is 30.3 Å². The number of thiocarbonyl (C=S) groups is 1. The molecule has 1 heterocycles. The highest BCUT2D eigenvalue weighted by Gasteiger charge is 2.33. The predicted molar refractivity (Wildman–Crippen MR) is 145 cm³/mol. The number of nitrogens with zero attached hydrogens (tertiary/aromatic N) is 4. The van der Waals surface area contributed by atoms with Gasteiger partial charge in [-0.15, -0.1) is 0 Å². The second kappa shape index (κ2) is 12.5. The summed E-state index contributed by atoms with van der Waals surface area (Å²) in [6.07, 6.45) is 0.170. The average molecular weight is 552 g/mol. The van der Waals surface area contributed by atoms with Gasteiger partial charge in [-0.1, -0.05) is 36.4 Å². The van der Waals surface area contributed by atoms with E-state index >= 15 is 0 Å². The second-order valence-electron chi connectivity index (χ2n) is 8.94. The number of nitriles is 1. The van der Waals surface area contributed by atoms with Crippen LogP contribution >= 0.6 is 12.2 Å². The highest BCUT2D eigenvalue weighted by atomic mass is 32.1. The van der Waals surface area contributed by atoms with Gasteiger partial charge in [-0.05, 0) is 72.6 Å². The number of halogens is 4. The van der Waals surface area contributed by atoms with E-state index in [9.17, 15) is 17.6 Å². The highest BCUT2D eigenvalue weighted by Crippen LogP contribution is 2.32. The summed E-state index contributed by atoms with van der Waals surface area (Å²) in [7, 11) is 0. The van der Waals surface area contributed by atoms with Crippen LogP contribution < -0.4 is 5.32 Å². The molecular formula is C29H25F4N5S. The smallest absolute Gasteiger partial charge is 0.345 e. The third kappa shape index (κ3) is 7.65. The summed E-state index contributed by atoms with van der Waals surface area (Å²) in [6, 6.07) is 20.5. The fourth-order valence-corrected chi connectivity index (χ4v) is 4.47. The van der Waals surface area contributed by atoms with Gasteiger partial charge in [-0.25, -0.2) is 9.37 Å². The van der Waals surface area contributed by atoms with Gasteiger partial charge in [-0.3, -0.25) is 0 Å². The van der Waals surface area contributed by atoms with E-state index in [0.29, 0.717) is 37.2 Å². The molecule has 4 aromatic rings. The van der Waals surface area contributed by atoms with Crippen molar-refractivity contribution in [3.63, 3.8) is 0 Å². The van der Waals surface area contributed by atoms with Crippen LogP contribution in [0.5, 0.6) is 0 Å². The number of alkyl halides is 3. The minimum absolute atomic E-state index is 0.0681. The lowest BCUT2D eigenvalue weighted by Crippen LogP contribution is -2.36. The molecular weight excluding hydrogens is 526 g/mol. The van der Waals surface area contributed by atoms with Gasteiger partial charge < -0.3 is 14.8 Å². The predicted octanol–water partition coefficient (Wildman–Crippen LogP) is 6.79. The topological polar surface area (TPSA) is 56.9 Å². The van der Waals surface area contributed by atoms with Crippen molar-refractivity contribution in [1.82, 2.24) is 14.5 Å². The van der Waals surface area contributed by atoms with Crippen LogP contribution in [0, 0.1) is 17.1 Å². The van der Waals surface area contributed by atoms with Crippen molar-refractivity contribution in [1.29, 1.82) is 5.26 Å². The van der Waals surface area contributed by atoms with Crippen LogP contribution in [0.4, 0.5) is 23.2 Å². The van der Waals surface area contributed by atoms with Gasteiger partial charge in [0, 0.05) is 37.2 Å². The molecule has 200 valence electrons. The molecule has 5 nitrogen and oxygen atoms in total. The molecule has 0 aliphatic rings. The van der Waals surface area contributed by atoms with Crippen LogP contribution in [-0.2, 0) is 25.7 Å². The Morgan fingerprint density at radius 1 is 1.05 bits per heavy atom. The normalized spacial score (nSPS) is 11.2. The van der Waals surface area contributed by atoms with Gasteiger partial charge in [0.1, 0.15) is 5.82 Å². The molecule has 0 aliphatic heterocycles. The molecule has 0 aliphatic carbocycles. The van der Waals surface area contributed by atoms with Crippen molar-refractivity contribution >= 4 is 23.0 Å². The number of hydrogen-bond donors (Lipinski definition) is 1. The summed E-state index contributed by atoms with van der Waals surface area (Å²) in [5.41, 5.74) is 2.34. The maximum absolute atomic E-state index is 13.7. The lowest BCUT2D eigenvalue weighted by atomic mass is 10.1. The van der Waals surface area contributed by atoms with Gasteiger partial charge >= 0.3 is 6.18 Å². The van der Waals surface area contributed by atoms with E-state index in [4.69, 9.17) is 17.5 Å². The Balaban J connectivity index is 1.48. The largest absolute Gasteiger partial charge is 0.416 e. The quantitative estimate of drug-likeness (QED) is 0.183. The monoisotopic (exact) mass is 551 g/mol. The Labute approximate surface area is 229 Å². The van der Waals surface area contributed by atoms with E-state index in [-0.39, 0.29) is 17.2 Å². The summed E-state index contributed by atoms with van der Waals surface area (Å²) in [5, 5.41) is 12.1. The summed E-state index contributed by atoms with van der Waals surface area (Å²) in [5.74, 6) is -0.452. The Morgan fingerprint density at radius 2 is 1.82 bits per heavy atom. The Morgan fingerprint density at radius 3 is 2.54 bits per heavy atom. The summed E-state index contributed by atoms with van der Waals surface area (Å²) >= 11 is 5.55.